The smallest absolute Gasteiger partial charge is 0.257 e. The van der Waals surface area contributed by atoms with E-state index in [1.165, 1.54) is 19.3 Å². The van der Waals surface area contributed by atoms with E-state index in [0.29, 0.717) is 6.54 Å². The number of nitrogens with zero attached hydrogens (tertiary/aromatic N) is 3. The lowest BCUT2D eigenvalue weighted by atomic mass is 10.0. The highest BCUT2D eigenvalue weighted by Crippen LogP contribution is 2.35. The third-order valence-electron chi connectivity index (χ3n) is 5.26. The number of rotatable bonds is 5. The summed E-state index contributed by atoms with van der Waals surface area (Å²) in [4.78, 5) is 16.5. The van der Waals surface area contributed by atoms with Crippen LogP contribution in [0.15, 0.2) is 46.9 Å². The molecule has 1 saturated heterocycles. The quantitative estimate of drug-likeness (QED) is 0.786. The molecule has 1 fully saturated rings. The molecule has 6 heteroatoms. The van der Waals surface area contributed by atoms with Crippen LogP contribution in [0.25, 0.3) is 0 Å². The second kappa shape index (κ2) is 8.23. The lowest BCUT2D eigenvalue weighted by Crippen LogP contribution is -2.40. The Kier molecular flexibility index (Phi) is 5.55. The van der Waals surface area contributed by atoms with Crippen LogP contribution in [0.1, 0.15) is 42.2 Å². The van der Waals surface area contributed by atoms with Crippen molar-refractivity contribution in [3.05, 3.63) is 52.2 Å². The van der Waals surface area contributed by atoms with Crippen LogP contribution in [0.2, 0.25) is 0 Å². The van der Waals surface area contributed by atoms with Gasteiger partial charge in [-0.15, -0.1) is 11.3 Å². The summed E-state index contributed by atoms with van der Waals surface area (Å²) in [7, 11) is 1.67. The Morgan fingerprint density at radius 2 is 2.07 bits per heavy atom. The standard InChI is InChI=1S/C21H25N3O2S/c1-26-17-8-5-7-16(13-17)19-14-18(20-9-6-12-27-20)22-24(19)21(25)15-23-10-3-2-4-11-23/h5-9,12-13,19H,2-4,10-11,14-15H2,1H3/t19-/m1/s1. The third-order valence-corrected chi connectivity index (χ3v) is 6.18. The Hall–Kier alpha value is -2.18. The van der Waals surface area contributed by atoms with Crippen LogP contribution in [0, 0.1) is 0 Å². The van der Waals surface area contributed by atoms with Crippen molar-refractivity contribution in [2.75, 3.05) is 26.7 Å². The van der Waals surface area contributed by atoms with E-state index in [-0.39, 0.29) is 11.9 Å². The van der Waals surface area contributed by atoms with Crippen molar-refractivity contribution in [2.24, 2.45) is 5.10 Å². The fourth-order valence-corrected chi connectivity index (χ4v) is 4.54. The highest BCUT2D eigenvalue weighted by molar-refractivity contribution is 7.12. The van der Waals surface area contributed by atoms with E-state index in [1.807, 2.05) is 24.3 Å². The number of methoxy groups -OCH3 is 1. The summed E-state index contributed by atoms with van der Waals surface area (Å²) in [6.07, 6.45) is 4.35. The van der Waals surface area contributed by atoms with Crippen molar-refractivity contribution in [1.82, 2.24) is 9.91 Å². The van der Waals surface area contributed by atoms with Gasteiger partial charge < -0.3 is 4.74 Å². The van der Waals surface area contributed by atoms with E-state index in [1.54, 1.807) is 23.5 Å². The summed E-state index contributed by atoms with van der Waals surface area (Å²) < 4.78 is 5.38. The van der Waals surface area contributed by atoms with E-state index in [4.69, 9.17) is 9.84 Å². The van der Waals surface area contributed by atoms with Gasteiger partial charge in [-0.1, -0.05) is 24.6 Å². The van der Waals surface area contributed by atoms with Crippen molar-refractivity contribution in [1.29, 1.82) is 0 Å². The van der Waals surface area contributed by atoms with E-state index in [0.717, 1.165) is 41.4 Å². The van der Waals surface area contributed by atoms with E-state index in [2.05, 4.69) is 22.4 Å². The van der Waals surface area contributed by atoms with Gasteiger partial charge in [0.1, 0.15) is 5.75 Å². The fraction of sp³-hybridized carbons (Fsp3) is 0.429. The van der Waals surface area contributed by atoms with E-state index >= 15 is 0 Å². The number of thiophene rings is 1. The summed E-state index contributed by atoms with van der Waals surface area (Å²) in [6, 6.07) is 12.0. The Labute approximate surface area is 164 Å². The molecule has 0 aliphatic carbocycles. The molecule has 3 heterocycles. The lowest BCUT2D eigenvalue weighted by molar-refractivity contribution is -0.134. The van der Waals surface area contributed by atoms with Crippen LogP contribution in [0.5, 0.6) is 5.75 Å². The molecule has 0 unspecified atom stereocenters. The van der Waals surface area contributed by atoms with Gasteiger partial charge in [-0.25, -0.2) is 5.01 Å². The molecule has 0 N–H and O–H groups in total. The van der Waals surface area contributed by atoms with Gasteiger partial charge in [0.25, 0.3) is 5.91 Å². The van der Waals surface area contributed by atoms with Gasteiger partial charge >= 0.3 is 0 Å². The summed E-state index contributed by atoms with van der Waals surface area (Å²) in [5.41, 5.74) is 2.06. The zero-order valence-electron chi connectivity index (χ0n) is 15.6. The maximum Gasteiger partial charge on any atom is 0.257 e. The number of hydrogen-bond donors (Lipinski definition) is 0. The first kappa shape index (κ1) is 18.2. The topological polar surface area (TPSA) is 45.1 Å². The number of ether oxygens (including phenoxy) is 1. The van der Waals surface area contributed by atoms with E-state index < -0.39 is 0 Å². The average Bonchev–Trinajstić information content (AvgIpc) is 3.38. The predicted molar refractivity (Wildman–Crippen MR) is 108 cm³/mol. The summed E-state index contributed by atoms with van der Waals surface area (Å²) >= 11 is 1.67. The van der Waals surface area contributed by atoms with Crippen LogP contribution in [0.4, 0.5) is 0 Å². The number of carbonyl (C=O) groups excluding carboxylic acids is 1. The van der Waals surface area contributed by atoms with Crippen molar-refractivity contribution < 1.29 is 9.53 Å². The second-order valence-electron chi connectivity index (χ2n) is 7.10. The number of carbonyl (C=O) groups is 1. The van der Waals surface area contributed by atoms with Gasteiger partial charge in [0.2, 0.25) is 0 Å². The minimum atomic E-state index is -0.0745. The average molecular weight is 384 g/mol. The van der Waals surface area contributed by atoms with Crippen LogP contribution < -0.4 is 4.74 Å². The van der Waals surface area contributed by atoms with Crippen LogP contribution in [-0.2, 0) is 4.79 Å². The molecule has 142 valence electrons. The number of piperidine rings is 1. The molecule has 0 radical (unpaired) electrons. The van der Waals surface area contributed by atoms with Gasteiger partial charge in [-0.3, -0.25) is 9.69 Å². The molecule has 1 aromatic heterocycles. The van der Waals surface area contributed by atoms with Gasteiger partial charge in [0.05, 0.1) is 30.3 Å². The molecule has 2 aliphatic rings. The summed E-state index contributed by atoms with van der Waals surface area (Å²) in [5.74, 6) is 0.886. The van der Waals surface area contributed by atoms with Crippen molar-refractivity contribution >= 4 is 23.0 Å². The molecule has 0 spiro atoms. The predicted octanol–water partition coefficient (Wildman–Crippen LogP) is 3.92. The zero-order valence-corrected chi connectivity index (χ0v) is 16.5. The third kappa shape index (κ3) is 4.06. The van der Waals surface area contributed by atoms with Crippen molar-refractivity contribution in [2.45, 2.75) is 31.7 Å². The molecule has 0 saturated carbocycles. The van der Waals surface area contributed by atoms with Gasteiger partial charge in [0, 0.05) is 6.42 Å². The normalized spacial score (nSPS) is 20.6. The second-order valence-corrected chi connectivity index (χ2v) is 8.04. The Morgan fingerprint density at radius 1 is 1.22 bits per heavy atom. The minimum Gasteiger partial charge on any atom is -0.497 e. The highest BCUT2D eigenvalue weighted by atomic mass is 32.1. The number of hydrogen-bond acceptors (Lipinski definition) is 5. The molecule has 4 rings (SSSR count). The summed E-state index contributed by atoms with van der Waals surface area (Å²) in [5, 5.41) is 8.51. The first-order valence-corrected chi connectivity index (χ1v) is 10.4. The molecular formula is C21H25N3O2S. The molecule has 1 amide bonds. The molecule has 2 aromatic rings. The molecule has 1 atom stereocenters. The monoisotopic (exact) mass is 383 g/mol. The van der Waals surface area contributed by atoms with Gasteiger partial charge in [0.15, 0.2) is 0 Å². The molecule has 2 aliphatic heterocycles. The first-order chi connectivity index (χ1) is 13.2. The van der Waals surface area contributed by atoms with Crippen LogP contribution in [-0.4, -0.2) is 48.3 Å². The van der Waals surface area contributed by atoms with Crippen LogP contribution >= 0.6 is 11.3 Å². The molecule has 5 nitrogen and oxygen atoms in total. The van der Waals surface area contributed by atoms with Crippen molar-refractivity contribution in [3.8, 4) is 5.75 Å². The molecule has 0 bridgehead atoms. The zero-order chi connectivity index (χ0) is 18.6. The minimum absolute atomic E-state index is 0.0745. The largest absolute Gasteiger partial charge is 0.497 e. The summed E-state index contributed by atoms with van der Waals surface area (Å²) in [6.45, 7) is 2.46. The van der Waals surface area contributed by atoms with Gasteiger partial charge in [-0.2, -0.15) is 5.10 Å². The maximum atomic E-state index is 13.1. The molecule has 1 aromatic carbocycles. The SMILES string of the molecule is COc1cccc([C@H]2CC(c3cccs3)=NN2C(=O)CN2CCCCC2)c1. The van der Waals surface area contributed by atoms with Gasteiger partial charge in [-0.05, 0) is 55.1 Å². The Bertz CT molecular complexity index is 813. The molecule has 27 heavy (non-hydrogen) atoms. The number of benzene rings is 1. The van der Waals surface area contributed by atoms with Crippen LogP contribution in [0.3, 0.4) is 0 Å². The highest BCUT2D eigenvalue weighted by Gasteiger charge is 2.34. The maximum absolute atomic E-state index is 13.1. The number of likely N-dealkylation sites (tertiary alicyclic amines) is 1. The van der Waals surface area contributed by atoms with Crippen molar-refractivity contribution in [3.63, 3.8) is 0 Å². The number of hydrazone groups is 1. The van der Waals surface area contributed by atoms with E-state index in [9.17, 15) is 4.79 Å². The Balaban J connectivity index is 1.59. The first-order valence-electron chi connectivity index (χ1n) is 9.54. The Morgan fingerprint density at radius 3 is 2.81 bits per heavy atom. The molecular weight excluding hydrogens is 358 g/mol. The number of amides is 1. The fourth-order valence-electron chi connectivity index (χ4n) is 3.82. The lowest BCUT2D eigenvalue weighted by Gasteiger charge is -2.29.